The maximum Gasteiger partial charge on any atom is 0.241 e. The van der Waals surface area contributed by atoms with Crippen molar-refractivity contribution in [3.63, 3.8) is 0 Å². The van der Waals surface area contributed by atoms with Crippen LogP contribution in [0.4, 0.5) is 0 Å². The van der Waals surface area contributed by atoms with E-state index < -0.39 is 6.04 Å². The Kier molecular flexibility index (Phi) is 4.80. The number of hydrogen-bond acceptors (Lipinski definition) is 3. The molecule has 15 heavy (non-hydrogen) atoms. The number of carbonyl (C=O) groups is 1. The summed E-state index contributed by atoms with van der Waals surface area (Å²) in [4.78, 5) is 11.5. The van der Waals surface area contributed by atoms with Crippen LogP contribution in [0.3, 0.4) is 0 Å². The van der Waals surface area contributed by atoms with Gasteiger partial charge in [-0.15, -0.1) is 0 Å². The number of nitrogens with one attached hydrogen (secondary N) is 1. The Morgan fingerprint density at radius 3 is 2.67 bits per heavy atom. The summed E-state index contributed by atoms with van der Waals surface area (Å²) in [5.41, 5.74) is 6.54. The van der Waals surface area contributed by atoms with Crippen LogP contribution in [0.1, 0.15) is 18.0 Å². The summed E-state index contributed by atoms with van der Waals surface area (Å²) >= 11 is 0. The van der Waals surface area contributed by atoms with Gasteiger partial charge in [0.05, 0.1) is 0 Å². The van der Waals surface area contributed by atoms with Crippen LogP contribution in [0, 0.1) is 0 Å². The predicted octanol–water partition coefficient (Wildman–Crippen LogP) is 0.185. The lowest BCUT2D eigenvalue weighted by atomic mass is 10.1. The van der Waals surface area contributed by atoms with Crippen molar-refractivity contribution >= 4 is 5.91 Å². The molecule has 0 saturated carbocycles. The molecule has 0 radical (unpaired) electrons. The fourth-order valence-electron chi connectivity index (χ4n) is 1.21. The molecule has 4 nitrogen and oxygen atoms in total. The topological polar surface area (TPSA) is 75.4 Å². The first-order valence-electron chi connectivity index (χ1n) is 4.95. The van der Waals surface area contributed by atoms with Crippen LogP contribution in [-0.4, -0.2) is 24.2 Å². The van der Waals surface area contributed by atoms with Crippen molar-refractivity contribution < 1.29 is 9.90 Å². The van der Waals surface area contributed by atoms with Crippen LogP contribution in [0.2, 0.25) is 0 Å². The molecule has 0 aromatic heterocycles. The fourth-order valence-corrected chi connectivity index (χ4v) is 1.21. The highest BCUT2D eigenvalue weighted by molar-refractivity contribution is 5.82. The Morgan fingerprint density at radius 2 is 2.07 bits per heavy atom. The van der Waals surface area contributed by atoms with Gasteiger partial charge < -0.3 is 16.2 Å². The molecule has 0 saturated heterocycles. The molecule has 0 bridgehead atoms. The minimum atomic E-state index is -0.634. The van der Waals surface area contributed by atoms with Gasteiger partial charge in [-0.05, 0) is 12.0 Å². The van der Waals surface area contributed by atoms with Crippen LogP contribution in [0.25, 0.3) is 0 Å². The first-order chi connectivity index (χ1) is 7.25. The summed E-state index contributed by atoms with van der Waals surface area (Å²) in [5.74, 6) is -0.213. The van der Waals surface area contributed by atoms with E-state index in [9.17, 15) is 4.79 Å². The van der Waals surface area contributed by atoms with E-state index in [0.29, 0.717) is 13.0 Å². The van der Waals surface area contributed by atoms with Crippen molar-refractivity contribution in [3.05, 3.63) is 35.9 Å². The van der Waals surface area contributed by atoms with Gasteiger partial charge in [-0.1, -0.05) is 30.3 Å². The first-order valence-corrected chi connectivity index (χ1v) is 4.95. The monoisotopic (exact) mass is 208 g/mol. The smallest absolute Gasteiger partial charge is 0.241 e. The molecule has 0 aliphatic rings. The van der Waals surface area contributed by atoms with Gasteiger partial charge in [0, 0.05) is 13.2 Å². The van der Waals surface area contributed by atoms with E-state index in [4.69, 9.17) is 10.8 Å². The van der Waals surface area contributed by atoms with Crippen molar-refractivity contribution in [2.75, 3.05) is 13.2 Å². The molecule has 0 aliphatic heterocycles. The molecule has 0 heterocycles. The summed E-state index contributed by atoms with van der Waals surface area (Å²) in [7, 11) is 0. The molecule has 1 unspecified atom stereocenters. The SMILES string of the molecule is NC(C(=O)NCCCO)c1ccccc1. The number of benzene rings is 1. The summed E-state index contributed by atoms with van der Waals surface area (Å²) in [6.45, 7) is 0.525. The number of hydrogen-bond donors (Lipinski definition) is 3. The Morgan fingerprint density at radius 1 is 1.40 bits per heavy atom. The molecule has 4 heteroatoms. The van der Waals surface area contributed by atoms with Crippen LogP contribution < -0.4 is 11.1 Å². The van der Waals surface area contributed by atoms with Gasteiger partial charge in [-0.2, -0.15) is 0 Å². The van der Waals surface area contributed by atoms with Crippen LogP contribution >= 0.6 is 0 Å². The highest BCUT2D eigenvalue weighted by atomic mass is 16.3. The van der Waals surface area contributed by atoms with Crippen molar-refractivity contribution in [2.24, 2.45) is 5.73 Å². The van der Waals surface area contributed by atoms with Gasteiger partial charge >= 0.3 is 0 Å². The lowest BCUT2D eigenvalue weighted by Crippen LogP contribution is -2.34. The largest absolute Gasteiger partial charge is 0.396 e. The predicted molar refractivity (Wildman–Crippen MR) is 58.1 cm³/mol. The molecule has 82 valence electrons. The number of amides is 1. The van der Waals surface area contributed by atoms with E-state index in [-0.39, 0.29) is 12.5 Å². The lowest BCUT2D eigenvalue weighted by molar-refractivity contribution is -0.122. The fraction of sp³-hybridized carbons (Fsp3) is 0.364. The molecule has 1 aromatic carbocycles. The molecule has 0 spiro atoms. The van der Waals surface area contributed by atoms with Crippen molar-refractivity contribution in [1.29, 1.82) is 0 Å². The second-order valence-corrected chi connectivity index (χ2v) is 3.26. The summed E-state index contributed by atoms with van der Waals surface area (Å²) in [6.07, 6.45) is 0.549. The average Bonchev–Trinajstić information content (AvgIpc) is 2.29. The molecule has 1 rings (SSSR count). The maximum absolute atomic E-state index is 11.5. The number of nitrogens with two attached hydrogens (primary N) is 1. The lowest BCUT2D eigenvalue weighted by Gasteiger charge is -2.11. The van der Waals surface area contributed by atoms with E-state index >= 15 is 0 Å². The minimum absolute atomic E-state index is 0.0703. The second-order valence-electron chi connectivity index (χ2n) is 3.26. The molecule has 0 aliphatic carbocycles. The van der Waals surface area contributed by atoms with Gasteiger partial charge in [0.2, 0.25) is 5.91 Å². The van der Waals surface area contributed by atoms with E-state index in [1.54, 1.807) is 0 Å². The zero-order chi connectivity index (χ0) is 11.1. The quantitative estimate of drug-likeness (QED) is 0.604. The standard InChI is InChI=1S/C11H16N2O2/c12-10(9-5-2-1-3-6-9)11(15)13-7-4-8-14/h1-3,5-6,10,14H,4,7-8,12H2,(H,13,15). The Bertz CT molecular complexity index is 301. The van der Waals surface area contributed by atoms with Crippen molar-refractivity contribution in [1.82, 2.24) is 5.32 Å². The van der Waals surface area contributed by atoms with E-state index in [1.807, 2.05) is 30.3 Å². The highest BCUT2D eigenvalue weighted by Crippen LogP contribution is 2.08. The molecular weight excluding hydrogens is 192 g/mol. The van der Waals surface area contributed by atoms with Gasteiger partial charge in [0.15, 0.2) is 0 Å². The van der Waals surface area contributed by atoms with Crippen LogP contribution in [0.5, 0.6) is 0 Å². The second kappa shape index (κ2) is 6.16. The molecule has 0 fully saturated rings. The van der Waals surface area contributed by atoms with Crippen LogP contribution in [-0.2, 0) is 4.79 Å². The van der Waals surface area contributed by atoms with E-state index in [0.717, 1.165) is 5.56 Å². The molecule has 1 aromatic rings. The number of rotatable bonds is 5. The Labute approximate surface area is 89.1 Å². The third-order valence-electron chi connectivity index (χ3n) is 2.08. The number of aliphatic hydroxyl groups is 1. The van der Waals surface area contributed by atoms with Crippen molar-refractivity contribution in [2.45, 2.75) is 12.5 Å². The maximum atomic E-state index is 11.5. The summed E-state index contributed by atoms with van der Waals surface area (Å²) in [6, 6.07) is 8.56. The number of aliphatic hydroxyl groups excluding tert-OH is 1. The molecule has 1 atom stereocenters. The van der Waals surface area contributed by atoms with Gasteiger partial charge in [0.1, 0.15) is 6.04 Å². The van der Waals surface area contributed by atoms with E-state index in [1.165, 1.54) is 0 Å². The zero-order valence-corrected chi connectivity index (χ0v) is 8.52. The molecule has 1 amide bonds. The first kappa shape index (κ1) is 11.7. The Balaban J connectivity index is 2.46. The average molecular weight is 208 g/mol. The normalized spacial score (nSPS) is 12.1. The number of carbonyl (C=O) groups excluding carboxylic acids is 1. The molecular formula is C11H16N2O2. The van der Waals surface area contributed by atoms with Crippen LogP contribution in [0.15, 0.2) is 30.3 Å². The third-order valence-corrected chi connectivity index (χ3v) is 2.08. The third kappa shape index (κ3) is 3.69. The summed E-state index contributed by atoms with van der Waals surface area (Å²) < 4.78 is 0. The van der Waals surface area contributed by atoms with Gasteiger partial charge in [-0.3, -0.25) is 4.79 Å². The molecule has 4 N–H and O–H groups in total. The van der Waals surface area contributed by atoms with Crippen molar-refractivity contribution in [3.8, 4) is 0 Å². The van der Waals surface area contributed by atoms with E-state index in [2.05, 4.69) is 5.32 Å². The summed E-state index contributed by atoms with van der Waals surface area (Å²) in [5, 5.41) is 11.2. The zero-order valence-electron chi connectivity index (χ0n) is 8.52. The highest BCUT2D eigenvalue weighted by Gasteiger charge is 2.13. The van der Waals surface area contributed by atoms with Gasteiger partial charge in [-0.25, -0.2) is 0 Å². The minimum Gasteiger partial charge on any atom is -0.396 e. The van der Waals surface area contributed by atoms with Gasteiger partial charge in [0.25, 0.3) is 0 Å². The Hall–Kier alpha value is -1.39.